The predicted octanol–water partition coefficient (Wildman–Crippen LogP) is 4.98. The number of imidazole rings is 1. The summed E-state index contributed by atoms with van der Waals surface area (Å²) in [4.78, 5) is 28.8. The first-order valence-electron chi connectivity index (χ1n) is 12.7. The molecule has 0 aromatic carbocycles. The van der Waals surface area contributed by atoms with Gasteiger partial charge in [0.25, 0.3) is 0 Å². The maximum absolute atomic E-state index is 11.1. The van der Waals surface area contributed by atoms with Gasteiger partial charge in [0.15, 0.2) is 23.1 Å². The number of anilines is 1. The van der Waals surface area contributed by atoms with Crippen molar-refractivity contribution in [1.29, 1.82) is 0 Å². The number of fused-ring (bicyclic) bond motifs is 1. The van der Waals surface area contributed by atoms with Crippen LogP contribution in [0.3, 0.4) is 0 Å². The van der Waals surface area contributed by atoms with E-state index >= 15 is 0 Å². The minimum absolute atomic E-state index is 0.0541. The van der Waals surface area contributed by atoms with Crippen LogP contribution in [0.15, 0.2) is 4.99 Å². The van der Waals surface area contributed by atoms with Crippen LogP contribution in [-0.4, -0.2) is 42.6 Å². The molecule has 2 aromatic heterocycles. The maximum atomic E-state index is 11.1. The summed E-state index contributed by atoms with van der Waals surface area (Å²) in [7, 11) is 0. The normalized spacial score (nSPS) is 19.2. The Hall–Kier alpha value is -2.71. The number of hydrogen-bond acceptors (Lipinski definition) is 5. The highest BCUT2D eigenvalue weighted by molar-refractivity contribution is 6.01. The standard InChI is InChI=1S/C25H39N7O2/c1-15(17-11-8-12-17)27-21-19-22(31-23(30-21)20(26)29-24(33)34)28-18(13-25(2,3)4)32(19)14-16-9-6-5-7-10-16/h15-17H,5-14H2,1-4H3,(H2,26,29)(H,33,34)(H,27,30,31)/t15-/m1/s1. The first kappa shape index (κ1) is 24.4. The zero-order valence-corrected chi connectivity index (χ0v) is 21.0. The summed E-state index contributed by atoms with van der Waals surface area (Å²) in [6.07, 6.45) is 9.43. The van der Waals surface area contributed by atoms with Gasteiger partial charge in [0.2, 0.25) is 0 Å². The van der Waals surface area contributed by atoms with Gasteiger partial charge in [-0.25, -0.2) is 19.7 Å². The Morgan fingerprint density at radius 3 is 2.44 bits per heavy atom. The van der Waals surface area contributed by atoms with Crippen molar-refractivity contribution in [2.75, 3.05) is 5.32 Å². The second kappa shape index (κ2) is 9.88. The molecule has 2 aliphatic rings. The van der Waals surface area contributed by atoms with Crippen molar-refractivity contribution in [2.24, 2.45) is 28.0 Å². The predicted molar refractivity (Wildman–Crippen MR) is 134 cm³/mol. The Balaban J connectivity index is 1.84. The molecule has 4 rings (SSSR count). The van der Waals surface area contributed by atoms with E-state index < -0.39 is 6.09 Å². The van der Waals surface area contributed by atoms with Crippen LogP contribution in [0.25, 0.3) is 11.2 Å². The fourth-order valence-corrected chi connectivity index (χ4v) is 5.16. The van der Waals surface area contributed by atoms with Gasteiger partial charge < -0.3 is 20.7 Å². The molecule has 186 valence electrons. The van der Waals surface area contributed by atoms with Crippen LogP contribution in [0, 0.1) is 17.3 Å². The summed E-state index contributed by atoms with van der Waals surface area (Å²) < 4.78 is 2.32. The first-order valence-corrected chi connectivity index (χ1v) is 12.7. The lowest BCUT2D eigenvalue weighted by molar-refractivity contribution is 0.205. The number of nitrogens with zero attached hydrogens (tertiary/aromatic N) is 5. The second-order valence-electron chi connectivity index (χ2n) is 11.4. The van der Waals surface area contributed by atoms with Crippen LogP contribution in [0.5, 0.6) is 0 Å². The Morgan fingerprint density at radius 1 is 1.15 bits per heavy atom. The van der Waals surface area contributed by atoms with E-state index in [1.807, 2.05) is 0 Å². The summed E-state index contributed by atoms with van der Waals surface area (Å²) >= 11 is 0. The second-order valence-corrected chi connectivity index (χ2v) is 11.4. The van der Waals surface area contributed by atoms with E-state index in [0.717, 1.165) is 24.3 Å². The number of rotatable bonds is 7. The average molecular weight is 470 g/mol. The number of carboxylic acid groups (broad SMARTS) is 1. The summed E-state index contributed by atoms with van der Waals surface area (Å²) in [6, 6.07) is 0.237. The number of amides is 1. The lowest BCUT2D eigenvalue weighted by Crippen LogP contribution is -2.32. The number of nitrogens with two attached hydrogens (primary N) is 1. The molecule has 2 heterocycles. The van der Waals surface area contributed by atoms with Crippen molar-refractivity contribution in [3.63, 3.8) is 0 Å². The van der Waals surface area contributed by atoms with Gasteiger partial charge >= 0.3 is 6.09 Å². The van der Waals surface area contributed by atoms with Crippen LogP contribution in [-0.2, 0) is 13.0 Å². The average Bonchev–Trinajstić information content (AvgIpc) is 3.02. The van der Waals surface area contributed by atoms with Crippen molar-refractivity contribution in [3.8, 4) is 0 Å². The molecule has 0 aliphatic heterocycles. The fourth-order valence-electron chi connectivity index (χ4n) is 5.16. The van der Waals surface area contributed by atoms with E-state index in [9.17, 15) is 4.79 Å². The molecule has 2 fully saturated rings. The quantitative estimate of drug-likeness (QED) is 0.385. The van der Waals surface area contributed by atoms with Crippen LogP contribution in [0.2, 0.25) is 0 Å². The van der Waals surface area contributed by atoms with Crippen molar-refractivity contribution < 1.29 is 9.90 Å². The SMILES string of the molecule is C[C@@H](Nc1nc(/C(N)=N/C(=O)O)nc2nc(CC(C)(C)C)n(CC3CCCCC3)c12)C1CCC1. The molecule has 0 spiro atoms. The summed E-state index contributed by atoms with van der Waals surface area (Å²) in [5.74, 6) is 2.76. The molecular weight excluding hydrogens is 430 g/mol. The maximum Gasteiger partial charge on any atom is 0.433 e. The Morgan fingerprint density at radius 2 is 1.85 bits per heavy atom. The van der Waals surface area contributed by atoms with Crippen molar-refractivity contribution in [1.82, 2.24) is 19.5 Å². The molecule has 1 amide bonds. The minimum atomic E-state index is -1.37. The molecule has 1 atom stereocenters. The minimum Gasteiger partial charge on any atom is -0.463 e. The van der Waals surface area contributed by atoms with Gasteiger partial charge in [-0.05, 0) is 49.9 Å². The molecular formula is C25H39N7O2. The molecule has 4 N–H and O–H groups in total. The van der Waals surface area contributed by atoms with Gasteiger partial charge in [0, 0.05) is 19.0 Å². The van der Waals surface area contributed by atoms with E-state index in [1.165, 1.54) is 51.4 Å². The summed E-state index contributed by atoms with van der Waals surface area (Å²) in [5, 5.41) is 12.7. The fraction of sp³-hybridized carbons (Fsp3) is 0.720. The van der Waals surface area contributed by atoms with E-state index in [1.54, 1.807) is 0 Å². The molecule has 9 heteroatoms. The van der Waals surface area contributed by atoms with Crippen molar-refractivity contribution in [2.45, 2.75) is 98.1 Å². The third kappa shape index (κ3) is 5.67. The number of aromatic nitrogens is 4. The lowest BCUT2D eigenvalue weighted by atomic mass is 9.80. The number of aliphatic imine (C=N–C) groups is 1. The Labute approximate surface area is 201 Å². The van der Waals surface area contributed by atoms with Crippen LogP contribution in [0.4, 0.5) is 10.6 Å². The molecule has 0 unspecified atom stereocenters. The molecule has 34 heavy (non-hydrogen) atoms. The van der Waals surface area contributed by atoms with Crippen LogP contribution in [0.1, 0.15) is 90.7 Å². The van der Waals surface area contributed by atoms with E-state index in [2.05, 4.69) is 47.6 Å². The molecule has 0 radical (unpaired) electrons. The monoisotopic (exact) mass is 469 g/mol. The van der Waals surface area contributed by atoms with Crippen LogP contribution >= 0.6 is 0 Å². The topological polar surface area (TPSA) is 131 Å². The zero-order valence-electron chi connectivity index (χ0n) is 21.0. The largest absolute Gasteiger partial charge is 0.463 e. The first-order chi connectivity index (χ1) is 16.1. The van der Waals surface area contributed by atoms with E-state index in [-0.39, 0.29) is 23.1 Å². The number of hydrogen-bond donors (Lipinski definition) is 3. The van der Waals surface area contributed by atoms with Gasteiger partial charge in [-0.1, -0.05) is 46.5 Å². The highest BCUT2D eigenvalue weighted by Crippen LogP contribution is 2.34. The summed E-state index contributed by atoms with van der Waals surface area (Å²) in [5.41, 5.74) is 7.46. The smallest absolute Gasteiger partial charge is 0.433 e. The molecule has 2 aromatic rings. The zero-order chi connectivity index (χ0) is 24.5. The van der Waals surface area contributed by atoms with E-state index in [0.29, 0.717) is 23.3 Å². The van der Waals surface area contributed by atoms with E-state index in [4.69, 9.17) is 20.8 Å². The number of nitrogens with one attached hydrogen (secondary N) is 1. The molecule has 0 bridgehead atoms. The van der Waals surface area contributed by atoms with Gasteiger partial charge in [-0.2, -0.15) is 4.99 Å². The Kier molecular flexibility index (Phi) is 7.09. The summed E-state index contributed by atoms with van der Waals surface area (Å²) in [6.45, 7) is 9.72. The molecule has 2 aliphatic carbocycles. The number of carbonyl (C=O) groups is 1. The van der Waals surface area contributed by atoms with Gasteiger partial charge in [-0.3, -0.25) is 0 Å². The lowest BCUT2D eigenvalue weighted by Gasteiger charge is -2.32. The Bertz CT molecular complexity index is 1060. The van der Waals surface area contributed by atoms with Gasteiger partial charge in [0.1, 0.15) is 11.3 Å². The molecule has 2 saturated carbocycles. The van der Waals surface area contributed by atoms with Gasteiger partial charge in [-0.15, -0.1) is 0 Å². The molecule has 9 nitrogen and oxygen atoms in total. The highest BCUT2D eigenvalue weighted by atomic mass is 16.4. The van der Waals surface area contributed by atoms with Crippen molar-refractivity contribution >= 4 is 28.9 Å². The third-order valence-electron chi connectivity index (χ3n) is 7.20. The number of amidine groups is 1. The van der Waals surface area contributed by atoms with Gasteiger partial charge in [0.05, 0.1) is 0 Å². The van der Waals surface area contributed by atoms with Crippen LogP contribution < -0.4 is 11.1 Å². The van der Waals surface area contributed by atoms with Crippen molar-refractivity contribution in [3.05, 3.63) is 11.6 Å². The highest BCUT2D eigenvalue weighted by Gasteiger charge is 2.28. The third-order valence-corrected chi connectivity index (χ3v) is 7.20. The molecule has 0 saturated heterocycles.